The van der Waals surface area contributed by atoms with Crippen LogP contribution in [0.15, 0.2) is 47.9 Å². The van der Waals surface area contributed by atoms with Crippen LogP contribution in [0.25, 0.3) is 0 Å². The molecule has 0 aliphatic heterocycles. The van der Waals surface area contributed by atoms with Crippen LogP contribution in [-0.2, 0) is 9.59 Å². The highest BCUT2D eigenvalue weighted by molar-refractivity contribution is 7.99. The van der Waals surface area contributed by atoms with E-state index in [1.807, 2.05) is 0 Å². The molecule has 2 amide bonds. The number of rotatable bonds is 5. The quantitative estimate of drug-likeness (QED) is 0.653. The van der Waals surface area contributed by atoms with Gasteiger partial charge in [-0.25, -0.2) is 9.97 Å². The van der Waals surface area contributed by atoms with Crippen LogP contribution in [-0.4, -0.2) is 27.5 Å². The third-order valence-corrected chi connectivity index (χ3v) is 3.22. The van der Waals surface area contributed by atoms with Gasteiger partial charge in [-0.2, -0.15) is 0 Å². The maximum Gasteiger partial charge on any atom is 0.234 e. The first-order valence-corrected chi connectivity index (χ1v) is 7.19. The first kappa shape index (κ1) is 15.0. The minimum absolute atomic E-state index is 0.157. The molecule has 0 bridgehead atoms. The van der Waals surface area contributed by atoms with Crippen LogP contribution < -0.4 is 10.6 Å². The summed E-state index contributed by atoms with van der Waals surface area (Å²) in [6.07, 6.45) is 3.26. The second-order valence-electron chi connectivity index (χ2n) is 4.13. The number of thioether (sulfide) groups is 1. The largest absolute Gasteiger partial charge is 0.326 e. The average molecular weight is 302 g/mol. The maximum atomic E-state index is 11.8. The van der Waals surface area contributed by atoms with Gasteiger partial charge < -0.3 is 10.6 Å². The van der Waals surface area contributed by atoms with Crippen LogP contribution in [0, 0.1) is 0 Å². The summed E-state index contributed by atoms with van der Waals surface area (Å²) in [6, 6.07) is 8.69. The number of carbonyl (C=O) groups excluding carboxylic acids is 2. The predicted octanol–water partition coefficient (Wildman–Crippen LogP) is 2.17. The van der Waals surface area contributed by atoms with E-state index in [9.17, 15) is 9.59 Å². The Labute approximate surface area is 126 Å². The molecule has 0 saturated carbocycles. The number of aromatic nitrogens is 2. The lowest BCUT2D eigenvalue weighted by atomic mass is 10.2. The highest BCUT2D eigenvalue weighted by Crippen LogP contribution is 2.16. The van der Waals surface area contributed by atoms with Crippen LogP contribution in [0.3, 0.4) is 0 Å². The van der Waals surface area contributed by atoms with Gasteiger partial charge in [0.15, 0.2) is 5.16 Å². The lowest BCUT2D eigenvalue weighted by Gasteiger charge is -2.07. The molecule has 1 heterocycles. The van der Waals surface area contributed by atoms with Gasteiger partial charge in [0.1, 0.15) is 0 Å². The highest BCUT2D eigenvalue weighted by atomic mass is 32.2. The van der Waals surface area contributed by atoms with Crippen molar-refractivity contribution in [2.75, 3.05) is 16.4 Å². The summed E-state index contributed by atoms with van der Waals surface area (Å²) < 4.78 is 0. The Balaban J connectivity index is 1.89. The van der Waals surface area contributed by atoms with Crippen molar-refractivity contribution in [3.8, 4) is 0 Å². The van der Waals surface area contributed by atoms with Crippen LogP contribution in [0.5, 0.6) is 0 Å². The summed E-state index contributed by atoms with van der Waals surface area (Å²) in [5, 5.41) is 5.98. The smallest absolute Gasteiger partial charge is 0.234 e. The first-order chi connectivity index (χ1) is 10.1. The molecule has 108 valence electrons. The molecule has 0 aliphatic carbocycles. The molecule has 0 fully saturated rings. The van der Waals surface area contributed by atoms with Gasteiger partial charge in [-0.15, -0.1) is 0 Å². The van der Waals surface area contributed by atoms with Crippen LogP contribution in [0.4, 0.5) is 11.4 Å². The lowest BCUT2D eigenvalue weighted by molar-refractivity contribution is -0.114. The molecule has 7 heteroatoms. The molecule has 2 rings (SSSR count). The van der Waals surface area contributed by atoms with E-state index in [2.05, 4.69) is 20.6 Å². The van der Waals surface area contributed by atoms with Gasteiger partial charge in [0.05, 0.1) is 5.75 Å². The van der Waals surface area contributed by atoms with E-state index in [0.717, 1.165) is 0 Å². The second kappa shape index (κ2) is 7.39. The fraction of sp³-hybridized carbons (Fsp3) is 0.143. The third kappa shape index (κ3) is 5.23. The van der Waals surface area contributed by atoms with Gasteiger partial charge in [-0.1, -0.05) is 17.8 Å². The molecular formula is C14H14N4O2S. The number of amides is 2. The van der Waals surface area contributed by atoms with Crippen molar-refractivity contribution < 1.29 is 9.59 Å². The van der Waals surface area contributed by atoms with Crippen molar-refractivity contribution >= 4 is 35.0 Å². The number of carbonyl (C=O) groups is 2. The van der Waals surface area contributed by atoms with Crippen LogP contribution in [0.1, 0.15) is 6.92 Å². The predicted molar refractivity (Wildman–Crippen MR) is 82.1 cm³/mol. The number of benzene rings is 1. The molecule has 0 unspecified atom stereocenters. The Morgan fingerprint density at radius 1 is 1.10 bits per heavy atom. The van der Waals surface area contributed by atoms with Gasteiger partial charge >= 0.3 is 0 Å². The number of nitrogens with one attached hydrogen (secondary N) is 2. The lowest BCUT2D eigenvalue weighted by Crippen LogP contribution is -2.14. The van der Waals surface area contributed by atoms with E-state index in [0.29, 0.717) is 16.5 Å². The molecule has 0 saturated heterocycles. The summed E-state index contributed by atoms with van der Waals surface area (Å²) in [5.41, 5.74) is 1.26. The monoisotopic (exact) mass is 302 g/mol. The summed E-state index contributed by atoms with van der Waals surface area (Å²) in [7, 11) is 0. The molecular weight excluding hydrogens is 288 g/mol. The standard InChI is InChI=1S/C14H14N4O2S/c1-10(19)17-11-4-2-5-12(8-11)18-13(20)9-21-14-15-6-3-7-16-14/h2-8H,9H2,1H3,(H,17,19)(H,18,20). The van der Waals surface area contributed by atoms with Crippen molar-refractivity contribution in [3.05, 3.63) is 42.7 Å². The summed E-state index contributed by atoms with van der Waals surface area (Å²) >= 11 is 1.26. The van der Waals surface area contributed by atoms with Crippen LogP contribution in [0.2, 0.25) is 0 Å². The molecule has 21 heavy (non-hydrogen) atoms. The van der Waals surface area contributed by atoms with E-state index < -0.39 is 0 Å². The third-order valence-electron chi connectivity index (χ3n) is 2.34. The second-order valence-corrected chi connectivity index (χ2v) is 5.07. The molecule has 0 aliphatic rings. The van der Waals surface area contributed by atoms with Crippen molar-refractivity contribution in [3.63, 3.8) is 0 Å². The first-order valence-electron chi connectivity index (χ1n) is 6.21. The van der Waals surface area contributed by atoms with Crippen molar-refractivity contribution in [1.29, 1.82) is 0 Å². The Morgan fingerprint density at radius 3 is 2.43 bits per heavy atom. The van der Waals surface area contributed by atoms with E-state index in [1.54, 1.807) is 42.7 Å². The SMILES string of the molecule is CC(=O)Nc1cccc(NC(=O)CSc2ncccn2)c1. The Kier molecular flexibility index (Phi) is 5.28. The normalized spacial score (nSPS) is 9.95. The van der Waals surface area contributed by atoms with Gasteiger partial charge in [-0.05, 0) is 24.3 Å². The summed E-state index contributed by atoms with van der Waals surface area (Å²) in [5.74, 6) is -0.100. The molecule has 0 spiro atoms. The van der Waals surface area contributed by atoms with Crippen molar-refractivity contribution in [2.45, 2.75) is 12.1 Å². The zero-order valence-electron chi connectivity index (χ0n) is 11.4. The maximum absolute atomic E-state index is 11.8. The number of hydrogen-bond donors (Lipinski definition) is 2. The fourth-order valence-corrected chi connectivity index (χ4v) is 2.17. The van der Waals surface area contributed by atoms with Gasteiger partial charge in [-0.3, -0.25) is 9.59 Å². The summed E-state index contributed by atoms with van der Waals surface area (Å²) in [4.78, 5) is 30.9. The zero-order valence-corrected chi connectivity index (χ0v) is 12.2. The van der Waals surface area contributed by atoms with Crippen LogP contribution >= 0.6 is 11.8 Å². The van der Waals surface area contributed by atoms with E-state index in [-0.39, 0.29) is 17.6 Å². The molecule has 0 atom stereocenters. The highest BCUT2D eigenvalue weighted by Gasteiger charge is 2.06. The molecule has 1 aromatic carbocycles. The van der Waals surface area contributed by atoms with E-state index in [1.165, 1.54) is 18.7 Å². The zero-order chi connectivity index (χ0) is 15.1. The molecule has 0 radical (unpaired) electrons. The summed E-state index contributed by atoms with van der Waals surface area (Å²) in [6.45, 7) is 1.43. The minimum atomic E-state index is -0.160. The Hall–Kier alpha value is -2.41. The topological polar surface area (TPSA) is 84.0 Å². The number of anilines is 2. The molecule has 2 N–H and O–H groups in total. The van der Waals surface area contributed by atoms with Crippen molar-refractivity contribution in [2.24, 2.45) is 0 Å². The minimum Gasteiger partial charge on any atom is -0.326 e. The van der Waals surface area contributed by atoms with Gasteiger partial charge in [0.25, 0.3) is 0 Å². The number of nitrogens with zero attached hydrogens (tertiary/aromatic N) is 2. The number of hydrogen-bond acceptors (Lipinski definition) is 5. The van der Waals surface area contributed by atoms with E-state index in [4.69, 9.17) is 0 Å². The van der Waals surface area contributed by atoms with Gasteiger partial charge in [0.2, 0.25) is 11.8 Å². The van der Waals surface area contributed by atoms with Gasteiger partial charge in [0, 0.05) is 30.7 Å². The molecule has 6 nitrogen and oxygen atoms in total. The Bertz CT molecular complexity index is 634. The van der Waals surface area contributed by atoms with Crippen molar-refractivity contribution in [1.82, 2.24) is 9.97 Å². The Morgan fingerprint density at radius 2 is 1.76 bits per heavy atom. The van der Waals surface area contributed by atoms with E-state index >= 15 is 0 Å². The molecule has 2 aromatic rings. The fourth-order valence-electron chi connectivity index (χ4n) is 1.57. The average Bonchev–Trinajstić information content (AvgIpc) is 2.46. The molecule has 1 aromatic heterocycles.